The number of hydrogen-bond acceptors (Lipinski definition) is 2. The van der Waals surface area contributed by atoms with Crippen molar-refractivity contribution < 1.29 is 9.90 Å². The van der Waals surface area contributed by atoms with Gasteiger partial charge in [-0.05, 0) is 45.3 Å². The predicted molar refractivity (Wildman–Crippen MR) is 91.0 cm³/mol. The van der Waals surface area contributed by atoms with Crippen LogP contribution in [-0.2, 0) is 4.79 Å². The fourth-order valence-corrected chi connectivity index (χ4v) is 1.47. The van der Waals surface area contributed by atoms with Crippen LogP contribution in [0, 0.1) is 0 Å². The summed E-state index contributed by atoms with van der Waals surface area (Å²) in [6, 6.07) is 9.70. The molecule has 0 radical (unpaired) electrons. The second-order valence-corrected chi connectivity index (χ2v) is 5.29. The molecule has 0 aliphatic rings. The summed E-state index contributed by atoms with van der Waals surface area (Å²) in [5.74, 6) is 0. The van der Waals surface area contributed by atoms with E-state index in [0.29, 0.717) is 0 Å². The summed E-state index contributed by atoms with van der Waals surface area (Å²) in [5, 5.41) is 9.49. The van der Waals surface area contributed by atoms with Gasteiger partial charge in [0.05, 0.1) is 5.60 Å². The quantitative estimate of drug-likeness (QED) is 0.472. The van der Waals surface area contributed by atoms with Crippen molar-refractivity contribution in [1.29, 1.82) is 0 Å². The van der Waals surface area contributed by atoms with Gasteiger partial charge in [0.25, 0.3) is 0 Å². The number of carbonyl (C=O) groups is 1. The molecule has 0 bridgehead atoms. The number of aliphatic hydroxyl groups is 1. The van der Waals surface area contributed by atoms with Gasteiger partial charge in [0, 0.05) is 0 Å². The third kappa shape index (κ3) is 11.6. The highest BCUT2D eigenvalue weighted by Crippen LogP contribution is 2.13. The van der Waals surface area contributed by atoms with Gasteiger partial charge < -0.3 is 5.11 Å². The standard InChI is InChI=1S/C10H18O.C9H8O/c1-5-10(4,11)8-6-7-9(2)3;10-8-4-7-9-5-2-1-3-6-9/h5,7,11H,1,6,8H2,2-4H3;1-8H/b;7-4+. The van der Waals surface area contributed by atoms with E-state index in [1.54, 1.807) is 19.1 Å². The molecule has 1 atom stereocenters. The first kappa shape index (κ1) is 19.1. The van der Waals surface area contributed by atoms with Crippen molar-refractivity contribution in [3.8, 4) is 0 Å². The number of carbonyl (C=O) groups excluding carboxylic acids is 1. The highest BCUT2D eigenvalue weighted by atomic mass is 16.3. The van der Waals surface area contributed by atoms with Crippen molar-refractivity contribution in [2.45, 2.75) is 39.2 Å². The maximum Gasteiger partial charge on any atom is 0.142 e. The van der Waals surface area contributed by atoms with Gasteiger partial charge in [0.2, 0.25) is 0 Å². The lowest BCUT2D eigenvalue weighted by Gasteiger charge is -2.16. The fraction of sp³-hybridized carbons (Fsp3) is 0.316. The molecule has 1 rings (SSSR count). The van der Waals surface area contributed by atoms with E-state index in [0.717, 1.165) is 24.7 Å². The van der Waals surface area contributed by atoms with Crippen LogP contribution in [0.3, 0.4) is 0 Å². The molecule has 0 saturated carbocycles. The Morgan fingerprint density at radius 2 is 1.90 bits per heavy atom. The molecule has 1 aromatic carbocycles. The maximum atomic E-state index is 9.89. The van der Waals surface area contributed by atoms with Crippen molar-refractivity contribution in [2.24, 2.45) is 0 Å². The van der Waals surface area contributed by atoms with Crippen LogP contribution >= 0.6 is 0 Å². The van der Waals surface area contributed by atoms with Crippen molar-refractivity contribution in [3.63, 3.8) is 0 Å². The monoisotopic (exact) mass is 286 g/mol. The number of benzene rings is 1. The molecule has 0 spiro atoms. The molecule has 114 valence electrons. The molecule has 1 N–H and O–H groups in total. The lowest BCUT2D eigenvalue weighted by molar-refractivity contribution is -0.104. The molecule has 21 heavy (non-hydrogen) atoms. The van der Waals surface area contributed by atoms with Gasteiger partial charge in [-0.2, -0.15) is 0 Å². The van der Waals surface area contributed by atoms with E-state index >= 15 is 0 Å². The molecule has 0 aromatic heterocycles. The Kier molecular flexibility index (Phi) is 9.82. The van der Waals surface area contributed by atoms with Crippen molar-refractivity contribution in [1.82, 2.24) is 0 Å². The normalized spacial score (nSPS) is 12.8. The minimum Gasteiger partial charge on any atom is -0.386 e. The second-order valence-electron chi connectivity index (χ2n) is 5.29. The number of allylic oxidation sites excluding steroid dienone is 3. The highest BCUT2D eigenvalue weighted by Gasteiger charge is 2.12. The van der Waals surface area contributed by atoms with E-state index in [-0.39, 0.29) is 0 Å². The van der Waals surface area contributed by atoms with Gasteiger partial charge in [-0.25, -0.2) is 0 Å². The Morgan fingerprint density at radius 3 is 2.38 bits per heavy atom. The summed E-state index contributed by atoms with van der Waals surface area (Å²) in [6.45, 7) is 9.45. The van der Waals surface area contributed by atoms with Gasteiger partial charge in [-0.3, -0.25) is 4.79 Å². The molecule has 0 fully saturated rings. The zero-order valence-electron chi connectivity index (χ0n) is 13.3. The van der Waals surface area contributed by atoms with E-state index in [4.69, 9.17) is 0 Å². The summed E-state index contributed by atoms with van der Waals surface area (Å²) in [5.41, 5.74) is 1.64. The molecule has 2 heteroatoms. The first-order chi connectivity index (χ1) is 9.91. The lowest BCUT2D eigenvalue weighted by atomic mass is 10.00. The first-order valence-electron chi connectivity index (χ1n) is 7.07. The van der Waals surface area contributed by atoms with E-state index in [9.17, 15) is 9.90 Å². The maximum absolute atomic E-state index is 9.89. The minimum absolute atomic E-state index is 0.702. The lowest BCUT2D eigenvalue weighted by Crippen LogP contribution is -2.19. The molecule has 0 aliphatic heterocycles. The Hall–Kier alpha value is -1.93. The SMILES string of the molecule is C=CC(C)(O)CCC=C(C)C.O=C/C=C/c1ccccc1. The summed E-state index contributed by atoms with van der Waals surface area (Å²) in [4.78, 5) is 9.89. The summed E-state index contributed by atoms with van der Waals surface area (Å²) >= 11 is 0. The third-order valence-corrected chi connectivity index (χ3v) is 2.81. The van der Waals surface area contributed by atoms with Crippen LogP contribution in [0.25, 0.3) is 6.08 Å². The van der Waals surface area contributed by atoms with Crippen molar-refractivity contribution in [3.05, 3.63) is 66.3 Å². The Bertz CT molecular complexity index is 464. The van der Waals surface area contributed by atoms with Crippen LogP contribution in [0.4, 0.5) is 0 Å². The van der Waals surface area contributed by atoms with Crippen LogP contribution in [-0.4, -0.2) is 17.0 Å². The highest BCUT2D eigenvalue weighted by molar-refractivity contribution is 5.73. The van der Waals surface area contributed by atoms with Crippen LogP contribution in [0.15, 0.2) is 60.7 Å². The summed E-state index contributed by atoms with van der Waals surface area (Å²) in [6.07, 6.45) is 9.40. The van der Waals surface area contributed by atoms with Gasteiger partial charge in [-0.1, -0.05) is 54.1 Å². The molecule has 1 unspecified atom stereocenters. The molecule has 0 aliphatic carbocycles. The number of rotatable bonds is 6. The third-order valence-electron chi connectivity index (χ3n) is 2.81. The average molecular weight is 286 g/mol. The molecule has 0 saturated heterocycles. The first-order valence-corrected chi connectivity index (χ1v) is 7.07. The second kappa shape index (κ2) is 10.8. The van der Waals surface area contributed by atoms with Gasteiger partial charge in [0.1, 0.15) is 6.29 Å². The molecule has 0 heterocycles. The molecular weight excluding hydrogens is 260 g/mol. The van der Waals surface area contributed by atoms with E-state index in [1.165, 1.54) is 11.6 Å². The Labute approximate surface area is 128 Å². The van der Waals surface area contributed by atoms with Crippen LogP contribution in [0.5, 0.6) is 0 Å². The predicted octanol–water partition coefficient (Wildman–Crippen LogP) is 4.57. The molecule has 1 aromatic rings. The van der Waals surface area contributed by atoms with E-state index < -0.39 is 5.60 Å². The molecular formula is C19H26O2. The summed E-state index contributed by atoms with van der Waals surface area (Å²) in [7, 11) is 0. The molecule has 0 amide bonds. The van der Waals surface area contributed by atoms with Gasteiger partial charge in [-0.15, -0.1) is 6.58 Å². The fourth-order valence-electron chi connectivity index (χ4n) is 1.47. The Morgan fingerprint density at radius 1 is 1.29 bits per heavy atom. The van der Waals surface area contributed by atoms with E-state index in [1.807, 2.05) is 30.3 Å². The number of hydrogen-bond donors (Lipinski definition) is 1. The van der Waals surface area contributed by atoms with Crippen LogP contribution in [0.1, 0.15) is 39.2 Å². The van der Waals surface area contributed by atoms with Crippen LogP contribution < -0.4 is 0 Å². The van der Waals surface area contributed by atoms with E-state index in [2.05, 4.69) is 26.5 Å². The minimum atomic E-state index is -0.702. The van der Waals surface area contributed by atoms with Crippen molar-refractivity contribution >= 4 is 12.4 Å². The average Bonchev–Trinajstić information content (AvgIpc) is 2.46. The van der Waals surface area contributed by atoms with Gasteiger partial charge in [0.15, 0.2) is 0 Å². The van der Waals surface area contributed by atoms with Gasteiger partial charge >= 0.3 is 0 Å². The largest absolute Gasteiger partial charge is 0.386 e. The topological polar surface area (TPSA) is 37.3 Å². The zero-order valence-corrected chi connectivity index (χ0v) is 13.3. The van der Waals surface area contributed by atoms with Crippen LogP contribution in [0.2, 0.25) is 0 Å². The Balaban J connectivity index is 0.000000382. The molecule has 2 nitrogen and oxygen atoms in total. The number of aldehydes is 1. The smallest absolute Gasteiger partial charge is 0.142 e. The van der Waals surface area contributed by atoms with Crippen molar-refractivity contribution in [2.75, 3.05) is 0 Å². The summed E-state index contributed by atoms with van der Waals surface area (Å²) < 4.78 is 0. The zero-order chi connectivity index (χ0) is 16.1.